The van der Waals surface area contributed by atoms with E-state index in [4.69, 9.17) is 42.4 Å². The van der Waals surface area contributed by atoms with Crippen LogP contribution in [0.2, 0.25) is 0 Å². The van der Waals surface area contributed by atoms with Crippen molar-refractivity contribution in [1.29, 1.82) is 0 Å². The Hall–Kier alpha value is -8.39. The zero-order chi connectivity index (χ0) is 51.7. The topological polar surface area (TPSA) is 175 Å². The maximum absolute atomic E-state index is 15.2. The average Bonchev–Trinajstić information content (AvgIpc) is 3.77. The number of para-hydroxylation sites is 1. The molecule has 7 aromatic rings. The number of esters is 1. The number of benzene rings is 7. The minimum atomic E-state index is -1.35. The van der Waals surface area contributed by atoms with E-state index in [9.17, 15) is 14.2 Å². The molecule has 0 aromatic heterocycles. The average molecular weight is 1020 g/mol. The first-order valence-electron chi connectivity index (χ1n) is 24.0. The van der Waals surface area contributed by atoms with Gasteiger partial charge in [-0.15, -0.1) is 0 Å². The molecule has 0 fully saturated rings. The Morgan fingerprint density at radius 2 is 1.16 bits per heavy atom. The first kappa shape index (κ1) is 51.9. The fourth-order valence-electron chi connectivity index (χ4n) is 8.00. The lowest BCUT2D eigenvalue weighted by molar-refractivity contribution is -0.266. The van der Waals surface area contributed by atoms with Crippen LogP contribution in [-0.2, 0) is 67.8 Å². The van der Waals surface area contributed by atoms with Crippen molar-refractivity contribution >= 4 is 32.3 Å². The molecule has 7 aromatic carbocycles. The van der Waals surface area contributed by atoms with E-state index in [-0.39, 0.29) is 74.6 Å². The Kier molecular flexibility index (Phi) is 17.8. The highest BCUT2D eigenvalue weighted by molar-refractivity contribution is 7.17. The SMILES string of the molecule is CCOC1(C)Oc2ccc(C[C@H](NC(=O)OCc3ccccc3)C(=O)Nc3c(COC(=O)CC)cccc3-c3cc(OCc4ccccc4)c(OP=O)c(OCc4ccccc4)c3OCc3ccccc3)cc2O1. The standard InChI is InChI=1S/C58H55N2O13P/c1-4-51(61)66-38-44-27-18-28-45(52(44)60-56(62)47(59-57(63)69-37-42-25-16-9-17-26-42)31-43-29-30-48-49(32-43)72-58(3,71-48)70-5-2)46-33-50(65-34-39-19-10-6-11-20-39)54(73-74-64)55(68-36-41-23-14-8-15-24-41)53(46)67-35-40-21-12-7-13-22-40/h6-30,32-33,47H,4-5,31,34-38H2,1-3H3,(H,59,63)(H,60,62)/t47-,58?/m0/s1. The van der Waals surface area contributed by atoms with Crippen molar-refractivity contribution in [3.63, 3.8) is 0 Å². The molecular formula is C58H55N2O13P. The zero-order valence-electron chi connectivity index (χ0n) is 41.1. The summed E-state index contributed by atoms with van der Waals surface area (Å²) in [6.45, 7) is 5.33. The van der Waals surface area contributed by atoms with Crippen molar-refractivity contribution in [3.8, 4) is 45.6 Å². The predicted molar refractivity (Wildman–Crippen MR) is 276 cm³/mol. The second-order valence-corrected chi connectivity index (χ2v) is 17.3. The van der Waals surface area contributed by atoms with E-state index >= 15 is 4.79 Å². The molecule has 8 rings (SSSR count). The van der Waals surface area contributed by atoms with Crippen LogP contribution in [0.4, 0.5) is 10.5 Å². The summed E-state index contributed by atoms with van der Waals surface area (Å²) in [5, 5.41) is 5.89. The van der Waals surface area contributed by atoms with Crippen LogP contribution in [0, 0.1) is 0 Å². The van der Waals surface area contributed by atoms with E-state index in [0.717, 1.165) is 22.3 Å². The van der Waals surface area contributed by atoms with Gasteiger partial charge in [-0.3, -0.25) is 9.59 Å². The van der Waals surface area contributed by atoms with Gasteiger partial charge in [0.05, 0.1) is 12.3 Å². The number of hydrogen-bond donors (Lipinski definition) is 2. The molecule has 16 heteroatoms. The molecule has 15 nitrogen and oxygen atoms in total. The lowest BCUT2D eigenvalue weighted by Crippen LogP contribution is -2.45. The molecule has 0 spiro atoms. The second-order valence-electron chi connectivity index (χ2n) is 17.0. The van der Waals surface area contributed by atoms with Crippen molar-refractivity contribution in [1.82, 2.24) is 5.32 Å². The summed E-state index contributed by atoms with van der Waals surface area (Å²) in [4.78, 5) is 41.6. The van der Waals surface area contributed by atoms with Crippen LogP contribution >= 0.6 is 8.69 Å². The molecule has 74 heavy (non-hydrogen) atoms. The summed E-state index contributed by atoms with van der Waals surface area (Å²) < 4.78 is 67.3. The monoisotopic (exact) mass is 1020 g/mol. The molecule has 0 saturated carbocycles. The van der Waals surface area contributed by atoms with Gasteiger partial charge in [0.1, 0.15) is 39.1 Å². The van der Waals surface area contributed by atoms with Crippen LogP contribution in [0.5, 0.6) is 34.5 Å². The maximum Gasteiger partial charge on any atom is 0.408 e. The molecule has 0 bridgehead atoms. The van der Waals surface area contributed by atoms with E-state index in [1.165, 1.54) is 0 Å². The Balaban J connectivity index is 1.25. The van der Waals surface area contributed by atoms with E-state index in [0.29, 0.717) is 40.4 Å². The van der Waals surface area contributed by atoms with Crippen LogP contribution in [0.25, 0.3) is 11.1 Å². The highest BCUT2D eigenvalue weighted by atomic mass is 31.1. The first-order valence-corrected chi connectivity index (χ1v) is 24.8. The summed E-state index contributed by atoms with van der Waals surface area (Å²) in [5.74, 6) is -1.34. The molecule has 2 amide bonds. The third-order valence-electron chi connectivity index (χ3n) is 11.6. The smallest absolute Gasteiger partial charge is 0.408 e. The minimum Gasteiger partial charge on any atom is -0.485 e. The number of hydrogen-bond acceptors (Lipinski definition) is 13. The van der Waals surface area contributed by atoms with Crippen LogP contribution in [-0.4, -0.2) is 36.6 Å². The molecule has 1 unspecified atom stereocenters. The fourth-order valence-corrected chi connectivity index (χ4v) is 8.25. The minimum absolute atomic E-state index is 0.0115. The van der Waals surface area contributed by atoms with Crippen molar-refractivity contribution in [3.05, 3.63) is 197 Å². The summed E-state index contributed by atoms with van der Waals surface area (Å²) >= 11 is 0. The summed E-state index contributed by atoms with van der Waals surface area (Å²) in [5.41, 5.74) is 5.11. The van der Waals surface area contributed by atoms with Crippen molar-refractivity contribution in [2.45, 2.75) is 78.7 Å². The Morgan fingerprint density at radius 1 is 0.581 bits per heavy atom. The van der Waals surface area contributed by atoms with Gasteiger partial charge < -0.3 is 53.1 Å². The first-order chi connectivity index (χ1) is 36.1. The molecular weight excluding hydrogens is 964 g/mol. The third-order valence-corrected chi connectivity index (χ3v) is 11.9. The number of fused-ring (bicyclic) bond motifs is 1. The largest absolute Gasteiger partial charge is 0.485 e. The summed E-state index contributed by atoms with van der Waals surface area (Å²) in [6, 6.07) is 48.3. The van der Waals surface area contributed by atoms with Gasteiger partial charge in [-0.2, -0.15) is 0 Å². The number of rotatable bonds is 24. The number of carbonyl (C=O) groups excluding carboxylic acids is 3. The predicted octanol–water partition coefficient (Wildman–Crippen LogP) is 12.1. The molecule has 2 N–H and O–H groups in total. The van der Waals surface area contributed by atoms with Crippen LogP contribution < -0.4 is 38.8 Å². The summed E-state index contributed by atoms with van der Waals surface area (Å²) in [6.07, 6.45) is -0.800. The Morgan fingerprint density at radius 3 is 1.76 bits per heavy atom. The van der Waals surface area contributed by atoms with Crippen molar-refractivity contribution < 1.29 is 61.4 Å². The van der Waals surface area contributed by atoms with Crippen molar-refractivity contribution in [2.75, 3.05) is 11.9 Å². The molecule has 380 valence electrons. The van der Waals surface area contributed by atoms with Gasteiger partial charge in [0, 0.05) is 36.5 Å². The zero-order valence-corrected chi connectivity index (χ0v) is 42.0. The van der Waals surface area contributed by atoms with E-state index in [2.05, 4.69) is 10.6 Å². The van der Waals surface area contributed by atoms with Gasteiger partial charge in [0.2, 0.25) is 17.4 Å². The number of anilines is 1. The number of nitrogens with one attached hydrogen (secondary N) is 2. The third kappa shape index (κ3) is 13.8. The molecule has 1 aliphatic rings. The number of ether oxygens (including phenoxy) is 8. The summed E-state index contributed by atoms with van der Waals surface area (Å²) in [7, 11) is -0.706. The van der Waals surface area contributed by atoms with Crippen LogP contribution in [0.15, 0.2) is 164 Å². The highest BCUT2D eigenvalue weighted by Crippen LogP contribution is 2.53. The van der Waals surface area contributed by atoms with E-state index < -0.39 is 38.7 Å². The Labute approximate surface area is 430 Å². The molecule has 0 radical (unpaired) electrons. The van der Waals surface area contributed by atoms with Gasteiger partial charge in [0.25, 0.3) is 0 Å². The van der Waals surface area contributed by atoms with Crippen LogP contribution in [0.1, 0.15) is 60.6 Å². The van der Waals surface area contributed by atoms with E-state index in [1.54, 1.807) is 56.3 Å². The van der Waals surface area contributed by atoms with Gasteiger partial charge in [0.15, 0.2) is 23.0 Å². The molecule has 1 aliphatic heterocycles. The molecule has 2 atom stereocenters. The van der Waals surface area contributed by atoms with Gasteiger partial charge >= 0.3 is 26.7 Å². The lowest BCUT2D eigenvalue weighted by Gasteiger charge is -2.25. The van der Waals surface area contributed by atoms with Crippen molar-refractivity contribution in [2.24, 2.45) is 0 Å². The fraction of sp³-hybridized carbons (Fsp3) is 0.224. The molecule has 0 aliphatic carbocycles. The number of carbonyl (C=O) groups is 3. The van der Waals surface area contributed by atoms with Crippen LogP contribution in [0.3, 0.4) is 0 Å². The maximum atomic E-state index is 15.2. The lowest BCUT2D eigenvalue weighted by atomic mass is 9.97. The second kappa shape index (κ2) is 25.3. The Bertz CT molecular complexity index is 3020. The molecule has 0 saturated heterocycles. The number of amides is 2. The normalized spacial score (nSPS) is 13.8. The van der Waals surface area contributed by atoms with E-state index in [1.807, 2.05) is 128 Å². The van der Waals surface area contributed by atoms with Gasteiger partial charge in [-0.1, -0.05) is 153 Å². The quantitative estimate of drug-likeness (QED) is 0.0432. The van der Waals surface area contributed by atoms with Gasteiger partial charge in [-0.05, 0) is 52.9 Å². The number of alkyl carbamates (subject to hydrolysis) is 1. The van der Waals surface area contributed by atoms with Gasteiger partial charge in [-0.25, -0.2) is 9.36 Å². The molecule has 1 heterocycles. The highest BCUT2D eigenvalue weighted by Gasteiger charge is 2.38.